The van der Waals surface area contributed by atoms with E-state index in [1.807, 2.05) is 0 Å². The SMILES string of the molecule is O=S(=O)(NC(C1CCCCC1)C(NS(=O)(=O)c1ccccc1)C1CCCCC1)c1ccccc1. The third-order valence-corrected chi connectivity index (χ3v) is 10.3. The summed E-state index contributed by atoms with van der Waals surface area (Å²) in [5.74, 6) is 0.190. The van der Waals surface area contributed by atoms with Crippen LogP contribution in [0.15, 0.2) is 70.5 Å². The molecule has 2 aliphatic carbocycles. The van der Waals surface area contributed by atoms with Gasteiger partial charge >= 0.3 is 0 Å². The van der Waals surface area contributed by atoms with E-state index >= 15 is 0 Å². The van der Waals surface area contributed by atoms with Gasteiger partial charge in [0.25, 0.3) is 0 Å². The topological polar surface area (TPSA) is 92.3 Å². The molecule has 0 aromatic heterocycles. The van der Waals surface area contributed by atoms with Crippen LogP contribution in [0.25, 0.3) is 0 Å². The minimum Gasteiger partial charge on any atom is -0.207 e. The van der Waals surface area contributed by atoms with Gasteiger partial charge in [-0.1, -0.05) is 74.9 Å². The van der Waals surface area contributed by atoms with Crippen molar-refractivity contribution in [2.75, 3.05) is 0 Å². The highest BCUT2D eigenvalue weighted by Crippen LogP contribution is 2.35. The first-order valence-electron chi connectivity index (χ1n) is 12.5. The normalized spacial score (nSPS) is 20.6. The van der Waals surface area contributed by atoms with E-state index in [0.29, 0.717) is 0 Å². The number of sulfonamides is 2. The van der Waals surface area contributed by atoms with Crippen LogP contribution in [0.2, 0.25) is 0 Å². The zero-order chi connectivity index (χ0) is 24.0. The Morgan fingerprint density at radius 2 is 0.853 bits per heavy atom. The van der Waals surface area contributed by atoms with Crippen molar-refractivity contribution in [3.8, 4) is 0 Å². The van der Waals surface area contributed by atoms with Crippen molar-refractivity contribution in [3.05, 3.63) is 60.7 Å². The first-order valence-corrected chi connectivity index (χ1v) is 15.5. The van der Waals surface area contributed by atoms with E-state index in [2.05, 4.69) is 9.44 Å². The highest BCUT2D eigenvalue weighted by Gasteiger charge is 2.40. The minimum atomic E-state index is -3.80. The summed E-state index contributed by atoms with van der Waals surface area (Å²) < 4.78 is 59.7. The molecule has 0 saturated heterocycles. The molecule has 0 spiro atoms. The molecule has 2 saturated carbocycles. The highest BCUT2D eigenvalue weighted by molar-refractivity contribution is 7.90. The van der Waals surface area contributed by atoms with Crippen molar-refractivity contribution < 1.29 is 16.8 Å². The second-order valence-electron chi connectivity index (χ2n) is 9.72. The molecule has 0 aliphatic heterocycles. The Hall–Kier alpha value is -1.74. The zero-order valence-corrected chi connectivity index (χ0v) is 21.2. The predicted molar refractivity (Wildman–Crippen MR) is 134 cm³/mol. The smallest absolute Gasteiger partial charge is 0.207 e. The first-order chi connectivity index (χ1) is 16.4. The lowest BCUT2D eigenvalue weighted by molar-refractivity contribution is 0.189. The van der Waals surface area contributed by atoms with Crippen molar-refractivity contribution in [2.24, 2.45) is 11.8 Å². The van der Waals surface area contributed by atoms with Crippen molar-refractivity contribution >= 4 is 20.0 Å². The van der Waals surface area contributed by atoms with Crippen molar-refractivity contribution in [1.29, 1.82) is 0 Å². The summed E-state index contributed by atoms with van der Waals surface area (Å²) in [6, 6.07) is 15.8. The lowest BCUT2D eigenvalue weighted by Crippen LogP contribution is -2.58. The fraction of sp³-hybridized carbons (Fsp3) is 0.538. The van der Waals surface area contributed by atoms with Gasteiger partial charge < -0.3 is 0 Å². The van der Waals surface area contributed by atoms with Crippen molar-refractivity contribution in [1.82, 2.24) is 9.44 Å². The summed E-state index contributed by atoms with van der Waals surface area (Å²) >= 11 is 0. The molecular weight excluding hydrogens is 468 g/mol. The summed E-state index contributed by atoms with van der Waals surface area (Å²) in [6.07, 6.45) is 10.0. The Morgan fingerprint density at radius 3 is 1.18 bits per heavy atom. The number of hydrogen-bond acceptors (Lipinski definition) is 4. The van der Waals surface area contributed by atoms with Crippen LogP contribution in [0.1, 0.15) is 64.2 Å². The largest absolute Gasteiger partial charge is 0.240 e. The molecule has 2 unspecified atom stereocenters. The molecule has 186 valence electrons. The molecule has 0 bridgehead atoms. The molecule has 2 N–H and O–H groups in total. The lowest BCUT2D eigenvalue weighted by atomic mass is 9.75. The summed E-state index contributed by atoms with van der Waals surface area (Å²) in [5, 5.41) is 0. The quantitative estimate of drug-likeness (QED) is 0.511. The summed E-state index contributed by atoms with van der Waals surface area (Å²) in [5.41, 5.74) is 0. The average Bonchev–Trinajstić information content (AvgIpc) is 2.88. The van der Waals surface area contributed by atoms with Gasteiger partial charge in [-0.15, -0.1) is 0 Å². The van der Waals surface area contributed by atoms with Gasteiger partial charge in [0.2, 0.25) is 20.0 Å². The van der Waals surface area contributed by atoms with Crippen LogP contribution in [-0.4, -0.2) is 28.9 Å². The number of benzene rings is 2. The molecule has 4 rings (SSSR count). The summed E-state index contributed by atoms with van der Waals surface area (Å²) in [7, 11) is -7.60. The van der Waals surface area contributed by atoms with Crippen LogP contribution < -0.4 is 9.44 Å². The zero-order valence-electron chi connectivity index (χ0n) is 19.6. The van der Waals surface area contributed by atoms with Gasteiger partial charge in [0, 0.05) is 12.1 Å². The van der Waals surface area contributed by atoms with Crippen LogP contribution in [0, 0.1) is 11.8 Å². The van der Waals surface area contributed by atoms with Crippen LogP contribution in [0.5, 0.6) is 0 Å². The van der Waals surface area contributed by atoms with Gasteiger partial charge in [0.05, 0.1) is 9.79 Å². The molecule has 2 aliphatic rings. The van der Waals surface area contributed by atoms with Crippen LogP contribution in [0.4, 0.5) is 0 Å². The number of rotatable bonds is 9. The maximum atomic E-state index is 13.4. The number of hydrogen-bond donors (Lipinski definition) is 2. The van der Waals surface area contributed by atoms with Crippen LogP contribution in [-0.2, 0) is 20.0 Å². The minimum absolute atomic E-state index is 0.0950. The van der Waals surface area contributed by atoms with E-state index in [1.165, 1.54) is 0 Å². The van der Waals surface area contributed by atoms with Gasteiger partial charge in [0.15, 0.2) is 0 Å². The second kappa shape index (κ2) is 11.3. The molecule has 2 fully saturated rings. The third-order valence-electron chi connectivity index (χ3n) is 7.39. The Bertz CT molecular complexity index is 1020. The molecule has 2 aromatic carbocycles. The van der Waals surface area contributed by atoms with Gasteiger partial charge in [-0.25, -0.2) is 26.3 Å². The Morgan fingerprint density at radius 1 is 0.529 bits per heavy atom. The third kappa shape index (κ3) is 6.27. The number of nitrogens with one attached hydrogen (secondary N) is 2. The van der Waals surface area contributed by atoms with Gasteiger partial charge in [-0.2, -0.15) is 0 Å². The Labute approximate surface area is 204 Å². The fourth-order valence-corrected chi connectivity index (χ4v) is 8.30. The fourth-order valence-electron chi connectivity index (χ4n) is 5.61. The summed E-state index contributed by atoms with van der Waals surface area (Å²) in [6.45, 7) is 0. The van der Waals surface area contributed by atoms with Gasteiger partial charge in [0.1, 0.15) is 0 Å². The monoisotopic (exact) mass is 504 g/mol. The van der Waals surface area contributed by atoms with E-state index in [1.54, 1.807) is 60.7 Å². The van der Waals surface area contributed by atoms with Gasteiger partial charge in [-0.3, -0.25) is 0 Å². The summed E-state index contributed by atoms with van der Waals surface area (Å²) in [4.78, 5) is 0.424. The van der Waals surface area contributed by atoms with E-state index in [0.717, 1.165) is 64.2 Å². The molecule has 2 atom stereocenters. The molecule has 6 nitrogen and oxygen atoms in total. The molecule has 34 heavy (non-hydrogen) atoms. The Kier molecular flexibility index (Phi) is 8.45. The van der Waals surface area contributed by atoms with Crippen LogP contribution in [0.3, 0.4) is 0 Å². The van der Waals surface area contributed by atoms with Crippen molar-refractivity contribution in [2.45, 2.75) is 86.1 Å². The second-order valence-corrected chi connectivity index (χ2v) is 13.1. The van der Waals surface area contributed by atoms with E-state index in [-0.39, 0.29) is 21.6 Å². The Balaban J connectivity index is 1.71. The molecular formula is C26H36N2O4S2. The molecule has 8 heteroatoms. The molecule has 2 aromatic rings. The van der Waals surface area contributed by atoms with Gasteiger partial charge in [-0.05, 0) is 61.8 Å². The molecule has 0 radical (unpaired) electrons. The van der Waals surface area contributed by atoms with E-state index < -0.39 is 32.1 Å². The molecule has 0 heterocycles. The van der Waals surface area contributed by atoms with E-state index in [4.69, 9.17) is 0 Å². The predicted octanol–water partition coefficient (Wildman–Crippen LogP) is 4.84. The maximum Gasteiger partial charge on any atom is 0.240 e. The standard InChI is InChI=1S/C26H36N2O4S2/c29-33(30,23-17-9-3-10-18-23)27-25(21-13-5-1-6-14-21)26(22-15-7-2-8-16-22)28-34(31,32)24-19-11-4-12-20-24/h3-4,9-12,17-22,25-28H,1-2,5-8,13-16H2. The highest BCUT2D eigenvalue weighted by atomic mass is 32.2. The molecule has 0 amide bonds. The van der Waals surface area contributed by atoms with E-state index in [9.17, 15) is 16.8 Å². The average molecular weight is 505 g/mol. The van der Waals surface area contributed by atoms with Crippen molar-refractivity contribution in [3.63, 3.8) is 0 Å². The maximum absolute atomic E-state index is 13.4. The lowest BCUT2D eigenvalue weighted by Gasteiger charge is -2.41. The first kappa shape index (κ1) is 25.4. The van der Waals surface area contributed by atoms with Crippen LogP contribution >= 0.6 is 0 Å².